The molecule has 1 heterocycles. The maximum Gasteiger partial charge on any atom is 0.200 e. The van der Waals surface area contributed by atoms with Crippen LogP contribution >= 0.6 is 15.9 Å². The molecule has 2 atom stereocenters. The Morgan fingerprint density at radius 3 is 2.04 bits per heavy atom. The predicted octanol–water partition coefficient (Wildman–Crippen LogP) is 6.43. The molecule has 2 nitrogen and oxygen atoms in total. The highest BCUT2D eigenvalue weighted by Crippen LogP contribution is 2.42. The van der Waals surface area contributed by atoms with E-state index in [0.717, 1.165) is 11.1 Å². The zero-order chi connectivity index (χ0) is 17.9. The van der Waals surface area contributed by atoms with E-state index in [2.05, 4.69) is 87.1 Å². The highest BCUT2D eigenvalue weighted by molar-refractivity contribution is 9.10. The van der Waals surface area contributed by atoms with Crippen LogP contribution in [-0.2, 0) is 4.43 Å². The van der Waals surface area contributed by atoms with Crippen LogP contribution in [0.4, 0.5) is 0 Å². The minimum Gasteiger partial charge on any atom is -0.414 e. The number of hydrogen-bond acceptors (Lipinski definition) is 2. The summed E-state index contributed by atoms with van der Waals surface area (Å²) in [5, 5.41) is 3.80. The van der Waals surface area contributed by atoms with Gasteiger partial charge in [-0.1, -0.05) is 69.6 Å². The van der Waals surface area contributed by atoms with Crippen molar-refractivity contribution in [1.82, 2.24) is 5.32 Å². The molecule has 1 N–H and O–H groups in total. The normalized spacial score (nSPS) is 22.1. The fraction of sp³-hybridized carbons (Fsp3) is 0.700. The second kappa shape index (κ2) is 8.48. The van der Waals surface area contributed by atoms with Crippen molar-refractivity contribution in [3.8, 4) is 0 Å². The topological polar surface area (TPSA) is 21.3 Å². The minimum atomic E-state index is -1.75. The predicted molar refractivity (Wildman–Crippen MR) is 110 cm³/mol. The van der Waals surface area contributed by atoms with Crippen LogP contribution in [-0.4, -0.2) is 21.0 Å². The smallest absolute Gasteiger partial charge is 0.200 e. The molecule has 1 saturated heterocycles. The molecule has 0 amide bonds. The summed E-state index contributed by atoms with van der Waals surface area (Å²) in [6.45, 7) is 15.0. The van der Waals surface area contributed by atoms with E-state index in [0.29, 0.717) is 28.7 Å². The summed E-state index contributed by atoms with van der Waals surface area (Å²) in [7, 11) is -1.75. The first-order valence-electron chi connectivity index (χ1n) is 9.42. The summed E-state index contributed by atoms with van der Waals surface area (Å²) in [5.74, 6) is 0. The summed E-state index contributed by atoms with van der Waals surface area (Å²) < 4.78 is 7.91. The van der Waals surface area contributed by atoms with Crippen LogP contribution < -0.4 is 5.32 Å². The number of rotatable bonds is 7. The van der Waals surface area contributed by atoms with E-state index in [1.54, 1.807) is 0 Å². The molecule has 1 fully saturated rings. The Labute approximate surface area is 158 Å². The second-order valence-electron chi connectivity index (χ2n) is 8.17. The summed E-state index contributed by atoms with van der Waals surface area (Å²) in [5.41, 5.74) is 3.35. The SMILES string of the molecule is CC(C)[Si](OC[C@@H]1CC[C@@H](c2ccc(Br)cc2)N1)(C(C)C)C(C)C. The van der Waals surface area contributed by atoms with Crippen molar-refractivity contribution in [1.29, 1.82) is 0 Å². The van der Waals surface area contributed by atoms with Crippen molar-refractivity contribution in [2.75, 3.05) is 6.61 Å². The maximum atomic E-state index is 6.77. The molecule has 0 radical (unpaired) electrons. The van der Waals surface area contributed by atoms with Gasteiger partial charge in [-0.3, -0.25) is 0 Å². The lowest BCUT2D eigenvalue weighted by atomic mass is 10.1. The van der Waals surface area contributed by atoms with Gasteiger partial charge in [0.05, 0.1) is 0 Å². The number of halogens is 1. The summed E-state index contributed by atoms with van der Waals surface area (Å²) >= 11 is 3.52. The minimum absolute atomic E-state index is 0.472. The Kier molecular flexibility index (Phi) is 7.12. The third-order valence-corrected chi connectivity index (χ3v) is 12.4. The van der Waals surface area contributed by atoms with Gasteiger partial charge in [-0.15, -0.1) is 0 Å². The van der Waals surface area contributed by atoms with Gasteiger partial charge in [-0.2, -0.15) is 0 Å². The van der Waals surface area contributed by atoms with Crippen LogP contribution in [0.15, 0.2) is 28.7 Å². The highest BCUT2D eigenvalue weighted by atomic mass is 79.9. The van der Waals surface area contributed by atoms with E-state index >= 15 is 0 Å². The second-order valence-corrected chi connectivity index (χ2v) is 14.5. The van der Waals surface area contributed by atoms with Gasteiger partial charge in [0.1, 0.15) is 0 Å². The molecule has 1 aromatic rings. The van der Waals surface area contributed by atoms with Crippen molar-refractivity contribution in [2.24, 2.45) is 0 Å². The maximum absolute atomic E-state index is 6.77. The molecule has 0 saturated carbocycles. The van der Waals surface area contributed by atoms with Crippen molar-refractivity contribution in [3.05, 3.63) is 34.3 Å². The molecular weight excluding hydrogens is 378 g/mol. The molecule has 136 valence electrons. The first-order chi connectivity index (χ1) is 11.3. The van der Waals surface area contributed by atoms with E-state index in [1.165, 1.54) is 18.4 Å². The van der Waals surface area contributed by atoms with E-state index in [1.807, 2.05) is 0 Å². The van der Waals surface area contributed by atoms with E-state index < -0.39 is 8.32 Å². The largest absolute Gasteiger partial charge is 0.414 e. The van der Waals surface area contributed by atoms with Crippen LogP contribution in [0.3, 0.4) is 0 Å². The fourth-order valence-electron chi connectivity index (χ4n) is 4.65. The Morgan fingerprint density at radius 1 is 1.00 bits per heavy atom. The summed E-state index contributed by atoms with van der Waals surface area (Å²) in [6, 6.07) is 9.67. The first kappa shape index (κ1) is 20.2. The molecule has 0 unspecified atom stereocenters. The highest BCUT2D eigenvalue weighted by Gasteiger charge is 2.45. The molecule has 24 heavy (non-hydrogen) atoms. The van der Waals surface area contributed by atoms with Gasteiger partial charge in [0, 0.05) is 23.2 Å². The van der Waals surface area contributed by atoms with Crippen molar-refractivity contribution in [3.63, 3.8) is 0 Å². The van der Waals surface area contributed by atoms with Gasteiger partial charge in [0.2, 0.25) is 0 Å². The van der Waals surface area contributed by atoms with E-state index in [-0.39, 0.29) is 0 Å². The van der Waals surface area contributed by atoms with Crippen LogP contribution in [0.1, 0.15) is 66.0 Å². The molecule has 0 aromatic heterocycles. The summed E-state index contributed by atoms with van der Waals surface area (Å²) in [4.78, 5) is 0. The average Bonchev–Trinajstić information content (AvgIpc) is 2.96. The van der Waals surface area contributed by atoms with Gasteiger partial charge in [0.15, 0.2) is 8.32 Å². The van der Waals surface area contributed by atoms with Crippen molar-refractivity contribution in [2.45, 2.75) is 83.1 Å². The summed E-state index contributed by atoms with van der Waals surface area (Å²) in [6.07, 6.45) is 2.41. The van der Waals surface area contributed by atoms with E-state index in [4.69, 9.17) is 4.43 Å². The standard InChI is InChI=1S/C20H34BrNOSi/c1-14(2)24(15(3)4,16(5)6)23-13-19-11-12-20(22-19)17-7-9-18(21)10-8-17/h7-10,14-16,19-20,22H,11-13H2,1-6H3/t19-,20-/m0/s1. The molecule has 4 heteroatoms. The molecule has 0 bridgehead atoms. The lowest BCUT2D eigenvalue weighted by Crippen LogP contribution is -2.49. The van der Waals surface area contributed by atoms with Crippen LogP contribution in [0.5, 0.6) is 0 Å². The van der Waals surface area contributed by atoms with Crippen LogP contribution in [0.2, 0.25) is 16.6 Å². The average molecular weight is 412 g/mol. The fourth-order valence-corrected chi connectivity index (χ4v) is 10.4. The Bertz CT molecular complexity index is 493. The zero-order valence-electron chi connectivity index (χ0n) is 16.1. The van der Waals surface area contributed by atoms with Crippen LogP contribution in [0.25, 0.3) is 0 Å². The molecule has 1 aromatic carbocycles. The van der Waals surface area contributed by atoms with Crippen molar-refractivity contribution < 1.29 is 4.43 Å². The molecule has 0 aliphatic carbocycles. The van der Waals surface area contributed by atoms with Gasteiger partial charge < -0.3 is 9.74 Å². The van der Waals surface area contributed by atoms with E-state index in [9.17, 15) is 0 Å². The van der Waals surface area contributed by atoms with Crippen LogP contribution in [0, 0.1) is 0 Å². The molecule has 2 rings (SSSR count). The molecular formula is C20H34BrNOSi. The number of hydrogen-bond donors (Lipinski definition) is 1. The van der Waals surface area contributed by atoms with Crippen molar-refractivity contribution >= 4 is 24.2 Å². The third kappa shape index (κ3) is 4.32. The lowest BCUT2D eigenvalue weighted by molar-refractivity contribution is 0.242. The van der Waals surface area contributed by atoms with Gasteiger partial charge in [-0.25, -0.2) is 0 Å². The molecule has 0 spiro atoms. The quantitative estimate of drug-likeness (QED) is 0.521. The lowest BCUT2D eigenvalue weighted by Gasteiger charge is -2.42. The number of nitrogens with one attached hydrogen (secondary N) is 1. The Balaban J connectivity index is 1.98. The Morgan fingerprint density at radius 2 is 1.54 bits per heavy atom. The Hall–Kier alpha value is -0.163. The number of benzene rings is 1. The molecule has 1 aliphatic rings. The van der Waals surface area contributed by atoms with Gasteiger partial charge >= 0.3 is 0 Å². The van der Waals surface area contributed by atoms with Gasteiger partial charge in [-0.05, 0) is 47.2 Å². The first-order valence-corrected chi connectivity index (χ1v) is 12.4. The van der Waals surface area contributed by atoms with Gasteiger partial charge in [0.25, 0.3) is 0 Å². The molecule has 1 aliphatic heterocycles. The monoisotopic (exact) mass is 411 g/mol. The third-order valence-electron chi connectivity index (χ3n) is 5.75. The zero-order valence-corrected chi connectivity index (χ0v) is 18.7.